The van der Waals surface area contributed by atoms with Crippen molar-refractivity contribution < 1.29 is 41.1 Å². The number of imidazole rings is 1. The second kappa shape index (κ2) is 12.4. The number of nitrogens with one attached hydrogen (secondary N) is 4. The number of carboxylic acid groups (broad SMARTS) is 1. The number of oxime groups is 1. The molecule has 2 aromatic heterocycles. The minimum atomic E-state index is -5.08. The number of H-pyrrole nitrogens is 2. The van der Waals surface area contributed by atoms with Crippen molar-refractivity contribution in [1.29, 1.82) is 0 Å². The first-order valence-electron chi connectivity index (χ1n) is 9.58. The van der Waals surface area contributed by atoms with Crippen molar-refractivity contribution in [2.75, 3.05) is 17.9 Å². The van der Waals surface area contributed by atoms with E-state index in [4.69, 9.17) is 26.2 Å². The van der Waals surface area contributed by atoms with E-state index in [9.17, 15) is 31.2 Å². The predicted molar refractivity (Wildman–Crippen MR) is 118 cm³/mol. The number of carboxylic acids is 1. The van der Waals surface area contributed by atoms with Gasteiger partial charge in [0.2, 0.25) is 11.9 Å². The third kappa shape index (κ3) is 9.91. The maximum absolute atomic E-state index is 12.5. The highest BCUT2D eigenvalue weighted by molar-refractivity contribution is 7.92. The Kier molecular flexibility index (Phi) is 10.3. The molecule has 0 aliphatic heterocycles. The van der Waals surface area contributed by atoms with Gasteiger partial charge in [0.25, 0.3) is 15.6 Å². The maximum atomic E-state index is 12.5. The van der Waals surface area contributed by atoms with Crippen molar-refractivity contribution >= 4 is 33.5 Å². The largest absolute Gasteiger partial charge is 0.490 e. The number of aliphatic carboxylic acids is 1. The lowest BCUT2D eigenvalue weighted by atomic mass is 10.1. The van der Waals surface area contributed by atoms with Gasteiger partial charge in [-0.2, -0.15) is 21.6 Å². The summed E-state index contributed by atoms with van der Waals surface area (Å²) in [5, 5.41) is 12.8. The molecule has 2 aromatic rings. The van der Waals surface area contributed by atoms with E-state index in [2.05, 4.69) is 30.1 Å². The molecule has 200 valence electrons. The van der Waals surface area contributed by atoms with Gasteiger partial charge in [-0.1, -0.05) is 0 Å². The molecular weight excluding hydrogens is 517 g/mol. The molecule has 9 N–H and O–H groups in total. The number of amides is 1. The van der Waals surface area contributed by atoms with Crippen LogP contribution in [0.2, 0.25) is 0 Å². The number of sulfonamides is 1. The van der Waals surface area contributed by atoms with E-state index < -0.39 is 33.6 Å². The number of aryl methyl sites for hydroxylation is 2. The Morgan fingerprint density at radius 1 is 1.25 bits per heavy atom. The van der Waals surface area contributed by atoms with Gasteiger partial charge in [-0.05, 0) is 30.6 Å². The third-order valence-corrected chi connectivity index (χ3v) is 4.99. The first kappa shape index (κ1) is 29.7. The average molecular weight is 540 g/mol. The van der Waals surface area contributed by atoms with Crippen molar-refractivity contribution in [3.63, 3.8) is 0 Å². The maximum Gasteiger partial charge on any atom is 0.490 e. The van der Waals surface area contributed by atoms with Gasteiger partial charge in [0, 0.05) is 5.69 Å². The first-order valence-corrected chi connectivity index (χ1v) is 11.1. The number of carbonyl (C=O) groups is 2. The fourth-order valence-corrected chi connectivity index (χ4v) is 3.40. The fourth-order valence-electron chi connectivity index (χ4n) is 2.32. The van der Waals surface area contributed by atoms with Crippen LogP contribution in [0.25, 0.3) is 0 Å². The van der Waals surface area contributed by atoms with Crippen LogP contribution in [0.4, 0.5) is 18.9 Å². The molecule has 0 radical (unpaired) electrons. The summed E-state index contributed by atoms with van der Waals surface area (Å²) in [5.74, 6) is -3.07. The van der Waals surface area contributed by atoms with Crippen LogP contribution in [-0.4, -0.2) is 65.6 Å². The second-order valence-corrected chi connectivity index (χ2v) is 8.45. The number of guanidine groups is 1. The normalized spacial score (nSPS) is 11.0. The van der Waals surface area contributed by atoms with Crippen LogP contribution in [0.1, 0.15) is 17.1 Å². The molecule has 0 fully saturated rings. The number of alkyl halides is 3. The van der Waals surface area contributed by atoms with Crippen molar-refractivity contribution in [2.24, 2.45) is 16.6 Å². The van der Waals surface area contributed by atoms with Crippen LogP contribution in [0.5, 0.6) is 0 Å². The lowest BCUT2D eigenvalue weighted by molar-refractivity contribution is -0.192. The zero-order valence-electron chi connectivity index (χ0n) is 18.8. The minimum Gasteiger partial charge on any atom is -0.475 e. The molecule has 0 spiro atoms. The number of nitrogens with zero attached hydrogens (tertiary/aromatic N) is 2. The Bertz CT molecular complexity index is 1270. The van der Waals surface area contributed by atoms with Gasteiger partial charge in [0.1, 0.15) is 18.1 Å². The van der Waals surface area contributed by atoms with Crippen LogP contribution >= 0.6 is 0 Å². The second-order valence-electron chi connectivity index (χ2n) is 6.80. The Labute approximate surface area is 201 Å². The zero-order valence-corrected chi connectivity index (χ0v) is 19.6. The van der Waals surface area contributed by atoms with Crippen LogP contribution in [0.15, 0.2) is 27.2 Å². The Morgan fingerprint density at radius 3 is 2.36 bits per heavy atom. The number of hydrogen-bond acceptors (Lipinski definition) is 8. The van der Waals surface area contributed by atoms with E-state index in [1.54, 1.807) is 13.8 Å². The first-order chi connectivity index (χ1) is 16.5. The lowest BCUT2D eigenvalue weighted by Crippen LogP contribution is -2.30. The SMILES string of the molecule is Cc1cc(CC(=O)NCCON=C(N)N)c(NS(=O)(=O)c2cnc(C)[nH]2)c(=O)[nH]1.O=C(O)C(F)(F)F. The molecule has 2 heterocycles. The molecule has 0 saturated heterocycles. The quantitative estimate of drug-likeness (QED) is 0.0885. The summed E-state index contributed by atoms with van der Waals surface area (Å²) >= 11 is 0. The molecule has 0 bridgehead atoms. The number of aromatic amines is 2. The van der Waals surface area contributed by atoms with E-state index in [0.717, 1.165) is 6.20 Å². The summed E-state index contributed by atoms with van der Waals surface area (Å²) in [6, 6.07) is 1.51. The van der Waals surface area contributed by atoms with E-state index in [-0.39, 0.29) is 41.8 Å². The zero-order chi connectivity index (χ0) is 27.7. The van der Waals surface area contributed by atoms with Crippen LogP contribution in [0, 0.1) is 13.8 Å². The molecule has 2 rings (SSSR count). The lowest BCUT2D eigenvalue weighted by Gasteiger charge is -2.12. The van der Waals surface area contributed by atoms with Crippen LogP contribution < -0.4 is 27.1 Å². The molecule has 0 atom stereocenters. The van der Waals surface area contributed by atoms with E-state index in [1.165, 1.54) is 6.07 Å². The molecule has 15 nitrogen and oxygen atoms in total. The van der Waals surface area contributed by atoms with Crippen molar-refractivity contribution in [3.8, 4) is 0 Å². The number of hydrogen-bond donors (Lipinski definition) is 7. The van der Waals surface area contributed by atoms with E-state index >= 15 is 0 Å². The number of carbonyl (C=O) groups excluding carboxylic acids is 1. The highest BCUT2D eigenvalue weighted by Crippen LogP contribution is 2.17. The topological polar surface area (TPSA) is 248 Å². The van der Waals surface area contributed by atoms with Crippen LogP contribution in [-0.2, 0) is 30.9 Å². The van der Waals surface area contributed by atoms with Gasteiger partial charge in [-0.15, -0.1) is 0 Å². The van der Waals surface area contributed by atoms with Gasteiger partial charge in [0.15, 0.2) is 5.03 Å². The third-order valence-electron chi connectivity index (χ3n) is 3.73. The smallest absolute Gasteiger partial charge is 0.475 e. The van der Waals surface area contributed by atoms with Gasteiger partial charge >= 0.3 is 12.1 Å². The standard InChI is InChI=1S/C15H22N8O5S.C2HF3O2/c1-8-5-10(6-11(24)18-3-4-28-22-15(16)17)13(14(25)20-8)23-29(26,27)12-7-19-9(2)21-12;3-2(4,5)1(6)7/h5,7,23H,3-4,6H2,1-2H3,(H,18,24)(H,19,21)(H,20,25)(H4,16,17,22);(H,6,7). The van der Waals surface area contributed by atoms with Crippen LogP contribution in [0.3, 0.4) is 0 Å². The number of halogens is 3. The van der Waals surface area contributed by atoms with Gasteiger partial charge in [-0.25, -0.2) is 9.78 Å². The van der Waals surface area contributed by atoms with E-state index in [1.807, 2.05) is 0 Å². The monoisotopic (exact) mass is 540 g/mol. The molecule has 0 saturated carbocycles. The molecule has 0 aliphatic rings. The van der Waals surface area contributed by atoms with Gasteiger partial charge < -0.3 is 36.7 Å². The summed E-state index contributed by atoms with van der Waals surface area (Å²) in [7, 11) is -4.10. The van der Waals surface area contributed by atoms with Gasteiger partial charge in [-0.3, -0.25) is 14.3 Å². The summed E-state index contributed by atoms with van der Waals surface area (Å²) in [6.45, 7) is 3.33. The Morgan fingerprint density at radius 2 is 1.86 bits per heavy atom. The van der Waals surface area contributed by atoms with Crippen molar-refractivity contribution in [3.05, 3.63) is 39.7 Å². The summed E-state index contributed by atoms with van der Waals surface area (Å²) in [4.78, 5) is 47.0. The molecule has 36 heavy (non-hydrogen) atoms. The highest BCUT2D eigenvalue weighted by atomic mass is 32.2. The van der Waals surface area contributed by atoms with Gasteiger partial charge in [0.05, 0.1) is 19.2 Å². The highest BCUT2D eigenvalue weighted by Gasteiger charge is 2.38. The summed E-state index contributed by atoms with van der Waals surface area (Å²) in [6.07, 6.45) is -4.20. The Balaban J connectivity index is 0.000000809. The number of anilines is 1. The fraction of sp³-hybridized carbons (Fsp3) is 0.353. The van der Waals surface area contributed by atoms with Crippen molar-refractivity contribution in [2.45, 2.75) is 31.5 Å². The summed E-state index contributed by atoms with van der Waals surface area (Å²) < 4.78 is 59.0. The molecule has 0 unspecified atom stereocenters. The van der Waals surface area contributed by atoms with E-state index in [0.29, 0.717) is 11.5 Å². The average Bonchev–Trinajstić information content (AvgIpc) is 3.17. The summed E-state index contributed by atoms with van der Waals surface area (Å²) in [5.41, 5.74) is 9.93. The molecule has 0 aliphatic carbocycles. The number of aromatic nitrogens is 3. The molecule has 1 amide bonds. The minimum absolute atomic E-state index is 0.0245. The molecular formula is C17H23F3N8O7S. The van der Waals surface area contributed by atoms with Crippen molar-refractivity contribution in [1.82, 2.24) is 20.3 Å². The number of nitrogens with two attached hydrogens (primary N) is 2. The molecule has 19 heteroatoms. The molecule has 0 aromatic carbocycles. The Hall–Kier alpha value is -4.29. The number of rotatable bonds is 9. The predicted octanol–water partition coefficient (Wildman–Crippen LogP) is -0.987. The number of pyridine rings is 1.